The van der Waals surface area contributed by atoms with Crippen LogP contribution in [0, 0.1) is 16.7 Å². The molecule has 0 bridgehead atoms. The predicted octanol–water partition coefficient (Wildman–Crippen LogP) is 4.79. The van der Waals surface area contributed by atoms with E-state index in [1.807, 2.05) is 0 Å². The highest BCUT2D eigenvalue weighted by Crippen LogP contribution is 2.39. The summed E-state index contributed by atoms with van der Waals surface area (Å²) < 4.78 is 16.6. The zero-order valence-electron chi connectivity index (χ0n) is 21.2. The van der Waals surface area contributed by atoms with Gasteiger partial charge in [0, 0.05) is 62.4 Å². The van der Waals surface area contributed by atoms with E-state index in [1.165, 1.54) is 35.1 Å². The van der Waals surface area contributed by atoms with E-state index >= 15 is 0 Å². The number of hydrogen-bond acceptors (Lipinski definition) is 9. The molecule has 0 spiro atoms. The summed E-state index contributed by atoms with van der Waals surface area (Å²) in [6.07, 6.45) is 6.61. The molecule has 0 radical (unpaired) electrons. The second-order valence-electron chi connectivity index (χ2n) is 10.2. The Morgan fingerprint density at radius 3 is 2.74 bits per heavy atom. The van der Waals surface area contributed by atoms with Gasteiger partial charge in [0.25, 0.3) is 0 Å². The first-order valence-electron chi connectivity index (χ1n) is 13.2. The summed E-state index contributed by atoms with van der Waals surface area (Å²) in [6.45, 7) is 5.91. The van der Waals surface area contributed by atoms with Crippen molar-refractivity contribution in [3.8, 4) is 11.5 Å². The number of aromatic nitrogens is 1. The van der Waals surface area contributed by atoms with Gasteiger partial charge in [-0.1, -0.05) is 18.6 Å². The topological polar surface area (TPSA) is 96.4 Å². The average Bonchev–Trinajstić information content (AvgIpc) is 3.70. The molecule has 9 nitrogen and oxygen atoms in total. The second-order valence-corrected chi connectivity index (χ2v) is 11.0. The van der Waals surface area contributed by atoms with Crippen LogP contribution in [0.25, 0.3) is 16.2 Å². The number of fused-ring (bicyclic) bond motifs is 2. The molecule has 1 aliphatic carbocycles. The highest BCUT2D eigenvalue weighted by Gasteiger charge is 2.30. The van der Waals surface area contributed by atoms with Crippen LogP contribution in [0.1, 0.15) is 24.8 Å². The highest BCUT2D eigenvalue weighted by atomic mass is 32.1. The molecule has 2 fully saturated rings. The molecule has 2 aromatic carbocycles. The van der Waals surface area contributed by atoms with Gasteiger partial charge in [0.1, 0.15) is 11.5 Å². The number of anilines is 1. The first-order valence-corrected chi connectivity index (χ1v) is 14.0. The van der Waals surface area contributed by atoms with Gasteiger partial charge in [-0.05, 0) is 65.7 Å². The van der Waals surface area contributed by atoms with E-state index in [4.69, 9.17) is 13.8 Å². The fourth-order valence-electron chi connectivity index (χ4n) is 5.81. The van der Waals surface area contributed by atoms with E-state index in [-0.39, 0.29) is 18.4 Å². The summed E-state index contributed by atoms with van der Waals surface area (Å²) in [6, 6.07) is 11.7. The Kier molecular flexibility index (Phi) is 7.24. The van der Waals surface area contributed by atoms with Crippen LogP contribution in [0.15, 0.2) is 47.7 Å². The first kappa shape index (κ1) is 24.8. The summed E-state index contributed by atoms with van der Waals surface area (Å²) >= 11 is 1.58. The van der Waals surface area contributed by atoms with Crippen molar-refractivity contribution < 1.29 is 14.3 Å². The number of carbonyl (C=O) groups excluding carboxylic acids is 1. The van der Waals surface area contributed by atoms with E-state index in [0.29, 0.717) is 35.4 Å². The Labute approximate surface area is 225 Å². The monoisotopic (exact) mass is 533 g/mol. The number of piperazine rings is 1. The number of ether oxygens (including phenoxy) is 2. The lowest BCUT2D eigenvalue weighted by Gasteiger charge is -2.37. The second kappa shape index (κ2) is 11.1. The number of carbonyl (C=O) groups is 1. The van der Waals surface area contributed by atoms with Gasteiger partial charge < -0.3 is 19.7 Å². The van der Waals surface area contributed by atoms with Crippen LogP contribution in [0.3, 0.4) is 0 Å². The van der Waals surface area contributed by atoms with Gasteiger partial charge in [0.15, 0.2) is 11.5 Å². The number of nitroso groups, excluding NO2 is 1. The Bertz CT molecular complexity index is 1350. The van der Waals surface area contributed by atoms with Crippen LogP contribution < -0.4 is 19.7 Å². The lowest BCUT2D eigenvalue weighted by atomic mass is 9.95. The van der Waals surface area contributed by atoms with E-state index in [9.17, 15) is 9.70 Å². The molecule has 1 aromatic heterocycles. The van der Waals surface area contributed by atoms with Crippen LogP contribution in [-0.4, -0.2) is 61.2 Å². The van der Waals surface area contributed by atoms with Gasteiger partial charge in [-0.3, -0.25) is 9.69 Å². The number of nitrogens with zero attached hydrogens (tertiary/aromatic N) is 4. The molecular weight excluding hydrogens is 502 g/mol. The maximum absolute atomic E-state index is 12.6. The Hall–Kier alpha value is -3.50. The van der Waals surface area contributed by atoms with Crippen molar-refractivity contribution in [2.24, 2.45) is 17.0 Å². The standard InChI is InChI=1S/C28H31N5O4S/c34-27(9-8-19-14-24-25(37-18-36-24)15-23(19)30-35)29-16-20-4-3-5-21(20)17-32-10-12-33(13-11-32)28-22-6-1-2-7-26(22)38-31-28/h1-2,6-9,14-15,20-21H,3-5,10-13,16-18H2,(H,29,34)/b9-8+/t20-,21-/m1/s1. The van der Waals surface area contributed by atoms with E-state index in [0.717, 1.165) is 45.0 Å². The molecule has 2 atom stereocenters. The van der Waals surface area contributed by atoms with E-state index in [1.54, 1.807) is 23.7 Å². The van der Waals surface area contributed by atoms with Crippen molar-refractivity contribution in [2.45, 2.75) is 19.3 Å². The van der Waals surface area contributed by atoms with Crippen LogP contribution >= 0.6 is 11.5 Å². The number of hydrogen-bond donors (Lipinski definition) is 1. The quantitative estimate of drug-likeness (QED) is 0.328. The Morgan fingerprint density at radius 1 is 1.11 bits per heavy atom. The van der Waals surface area contributed by atoms with Crippen molar-refractivity contribution in [1.29, 1.82) is 0 Å². The highest BCUT2D eigenvalue weighted by molar-refractivity contribution is 7.13. The minimum absolute atomic E-state index is 0.114. The maximum atomic E-state index is 12.6. The fraction of sp³-hybridized carbons (Fsp3) is 0.429. The Balaban J connectivity index is 0.990. The average molecular weight is 534 g/mol. The van der Waals surface area contributed by atoms with Crippen molar-refractivity contribution in [3.63, 3.8) is 0 Å². The van der Waals surface area contributed by atoms with Gasteiger partial charge in [-0.15, -0.1) is 4.91 Å². The molecule has 3 heterocycles. The van der Waals surface area contributed by atoms with Gasteiger partial charge >= 0.3 is 0 Å². The first-order chi connectivity index (χ1) is 18.7. The van der Waals surface area contributed by atoms with E-state index < -0.39 is 0 Å². The smallest absolute Gasteiger partial charge is 0.244 e. The van der Waals surface area contributed by atoms with Crippen molar-refractivity contribution in [3.05, 3.63) is 52.9 Å². The summed E-state index contributed by atoms with van der Waals surface area (Å²) in [5.74, 6) is 3.06. The SMILES string of the molecule is O=Nc1cc2c(cc1/C=C/C(=O)NC[C@H]1CCC[C@@H]1CN1CCN(c3nsc4ccccc34)CC1)OCO2. The number of amides is 1. The molecule has 38 heavy (non-hydrogen) atoms. The summed E-state index contributed by atoms with van der Waals surface area (Å²) in [5.41, 5.74) is 0.750. The van der Waals surface area contributed by atoms with Crippen molar-refractivity contribution in [2.75, 3.05) is 51.0 Å². The molecule has 10 heteroatoms. The Morgan fingerprint density at radius 2 is 1.89 bits per heavy atom. The van der Waals surface area contributed by atoms with Gasteiger partial charge in [0.2, 0.25) is 12.7 Å². The molecule has 6 rings (SSSR count). The summed E-state index contributed by atoms with van der Waals surface area (Å²) in [5, 5.41) is 7.38. The van der Waals surface area contributed by atoms with Crippen molar-refractivity contribution >= 4 is 45.1 Å². The third kappa shape index (κ3) is 5.23. The summed E-state index contributed by atoms with van der Waals surface area (Å²) in [7, 11) is 0. The number of nitrogens with one attached hydrogen (secondary N) is 1. The molecule has 0 unspecified atom stereocenters. The molecular formula is C28H31N5O4S. The lowest BCUT2D eigenvalue weighted by molar-refractivity contribution is -0.116. The van der Waals surface area contributed by atoms with Gasteiger partial charge in [0.05, 0.1) is 4.70 Å². The molecule has 2 aliphatic heterocycles. The predicted molar refractivity (Wildman–Crippen MR) is 149 cm³/mol. The normalized spacial score (nSPS) is 21.4. The number of benzene rings is 2. The molecule has 1 N–H and O–H groups in total. The third-order valence-electron chi connectivity index (χ3n) is 7.91. The zero-order valence-corrected chi connectivity index (χ0v) is 22.0. The van der Waals surface area contributed by atoms with E-state index in [2.05, 4.69) is 44.6 Å². The molecule has 1 amide bonds. The van der Waals surface area contributed by atoms with Crippen LogP contribution in [0.5, 0.6) is 11.5 Å². The minimum atomic E-state index is -0.172. The molecule has 1 saturated carbocycles. The van der Waals surface area contributed by atoms with Crippen molar-refractivity contribution in [1.82, 2.24) is 14.6 Å². The molecule has 3 aromatic rings. The fourth-order valence-corrected chi connectivity index (χ4v) is 6.61. The molecule has 3 aliphatic rings. The number of rotatable bonds is 8. The maximum Gasteiger partial charge on any atom is 0.244 e. The largest absolute Gasteiger partial charge is 0.454 e. The zero-order chi connectivity index (χ0) is 25.9. The third-order valence-corrected chi connectivity index (χ3v) is 8.73. The van der Waals surface area contributed by atoms with Crippen LogP contribution in [0.4, 0.5) is 11.5 Å². The van der Waals surface area contributed by atoms with Gasteiger partial charge in [-0.2, -0.15) is 4.37 Å². The molecule has 1 saturated heterocycles. The summed E-state index contributed by atoms with van der Waals surface area (Å²) in [4.78, 5) is 28.8. The lowest BCUT2D eigenvalue weighted by Crippen LogP contribution is -2.48. The van der Waals surface area contributed by atoms with Crippen LogP contribution in [0.2, 0.25) is 0 Å². The van der Waals surface area contributed by atoms with Gasteiger partial charge in [-0.25, -0.2) is 0 Å². The minimum Gasteiger partial charge on any atom is -0.454 e. The molecule has 198 valence electrons. The van der Waals surface area contributed by atoms with Crippen LogP contribution in [-0.2, 0) is 4.79 Å².